The number of carbonyl (C=O) groups excluding carboxylic acids is 1. The maximum absolute atomic E-state index is 10.9. The Morgan fingerprint density at radius 3 is 2.25 bits per heavy atom. The molecule has 1 aromatic carbocycles. The van der Waals surface area contributed by atoms with E-state index in [0.29, 0.717) is 5.76 Å². The molecule has 0 radical (unpaired) electrons. The lowest BCUT2D eigenvalue weighted by Crippen LogP contribution is -2.09. The van der Waals surface area contributed by atoms with Gasteiger partial charge >= 0.3 is 0 Å². The maximum atomic E-state index is 10.9. The molecule has 0 saturated heterocycles. The van der Waals surface area contributed by atoms with Crippen molar-refractivity contribution in [2.45, 2.75) is 13.8 Å². The van der Waals surface area contributed by atoms with Crippen molar-refractivity contribution in [3.63, 3.8) is 0 Å². The summed E-state index contributed by atoms with van der Waals surface area (Å²) < 4.78 is 5.37. The quantitative estimate of drug-likeness (QED) is 0.837. The standard InChI is InChI=1S/C13H13NO2/c1-8-5-9(2)7-10(6-8)11-3-4-12(16-11)13(14)15/h3-7H,1-2H3,(H2,14,15). The van der Waals surface area contributed by atoms with Gasteiger partial charge in [0.05, 0.1) is 0 Å². The summed E-state index contributed by atoms with van der Waals surface area (Å²) in [7, 11) is 0. The second-order valence-corrected chi connectivity index (χ2v) is 3.90. The van der Waals surface area contributed by atoms with Crippen LogP contribution in [0.4, 0.5) is 0 Å². The highest BCUT2D eigenvalue weighted by molar-refractivity contribution is 5.90. The summed E-state index contributed by atoms with van der Waals surface area (Å²) in [6.45, 7) is 4.04. The number of benzene rings is 1. The first-order valence-corrected chi connectivity index (χ1v) is 5.04. The Kier molecular flexibility index (Phi) is 2.52. The van der Waals surface area contributed by atoms with Gasteiger partial charge in [-0.1, -0.05) is 17.2 Å². The summed E-state index contributed by atoms with van der Waals surface area (Å²) in [5.74, 6) is 0.311. The molecule has 1 aromatic heterocycles. The van der Waals surface area contributed by atoms with Gasteiger partial charge in [-0.15, -0.1) is 0 Å². The van der Waals surface area contributed by atoms with Crippen LogP contribution in [0.2, 0.25) is 0 Å². The molecule has 1 heterocycles. The molecule has 0 aliphatic rings. The predicted octanol–water partition coefficient (Wildman–Crippen LogP) is 2.66. The van der Waals surface area contributed by atoms with Crippen LogP contribution in [0.3, 0.4) is 0 Å². The smallest absolute Gasteiger partial charge is 0.284 e. The first kappa shape index (κ1) is 10.5. The van der Waals surface area contributed by atoms with Gasteiger partial charge in [0.25, 0.3) is 5.91 Å². The molecule has 2 N–H and O–H groups in total. The zero-order valence-electron chi connectivity index (χ0n) is 9.28. The van der Waals surface area contributed by atoms with Crippen LogP contribution in [0.5, 0.6) is 0 Å². The average Bonchev–Trinajstić information content (AvgIpc) is 2.64. The van der Waals surface area contributed by atoms with E-state index in [1.165, 1.54) is 0 Å². The zero-order valence-corrected chi connectivity index (χ0v) is 9.28. The van der Waals surface area contributed by atoms with Crippen LogP contribution in [0.15, 0.2) is 34.7 Å². The highest BCUT2D eigenvalue weighted by atomic mass is 16.3. The Morgan fingerprint density at radius 1 is 1.12 bits per heavy atom. The van der Waals surface area contributed by atoms with E-state index < -0.39 is 5.91 Å². The lowest BCUT2D eigenvalue weighted by Gasteiger charge is -2.01. The molecule has 82 valence electrons. The third-order valence-corrected chi connectivity index (χ3v) is 2.36. The van der Waals surface area contributed by atoms with Crippen LogP contribution < -0.4 is 5.73 Å². The zero-order chi connectivity index (χ0) is 11.7. The Hall–Kier alpha value is -2.03. The van der Waals surface area contributed by atoms with Gasteiger partial charge in [0, 0.05) is 5.56 Å². The molecular formula is C13H13NO2. The van der Waals surface area contributed by atoms with E-state index in [-0.39, 0.29) is 5.76 Å². The van der Waals surface area contributed by atoms with Crippen molar-refractivity contribution in [2.24, 2.45) is 5.73 Å². The number of nitrogens with two attached hydrogens (primary N) is 1. The fourth-order valence-electron chi connectivity index (χ4n) is 1.74. The fraction of sp³-hybridized carbons (Fsp3) is 0.154. The molecule has 1 amide bonds. The van der Waals surface area contributed by atoms with Crippen molar-refractivity contribution in [1.82, 2.24) is 0 Å². The fourth-order valence-corrected chi connectivity index (χ4v) is 1.74. The van der Waals surface area contributed by atoms with Crippen LogP contribution in [0.1, 0.15) is 21.7 Å². The number of carbonyl (C=O) groups is 1. The first-order chi connectivity index (χ1) is 7.56. The minimum atomic E-state index is -0.546. The van der Waals surface area contributed by atoms with E-state index in [4.69, 9.17) is 10.2 Å². The summed E-state index contributed by atoms with van der Waals surface area (Å²) in [5, 5.41) is 0. The van der Waals surface area contributed by atoms with E-state index in [0.717, 1.165) is 16.7 Å². The van der Waals surface area contributed by atoms with Gasteiger partial charge in [-0.05, 0) is 38.1 Å². The van der Waals surface area contributed by atoms with Gasteiger partial charge < -0.3 is 10.2 Å². The molecule has 0 aliphatic heterocycles. The van der Waals surface area contributed by atoms with Crippen molar-refractivity contribution >= 4 is 5.91 Å². The molecule has 0 bridgehead atoms. The minimum Gasteiger partial charge on any atom is -0.451 e. The number of furan rings is 1. The lowest BCUT2D eigenvalue weighted by atomic mass is 10.1. The minimum absolute atomic E-state index is 0.189. The summed E-state index contributed by atoms with van der Waals surface area (Å²) in [6, 6.07) is 9.46. The Balaban J connectivity index is 2.46. The van der Waals surface area contributed by atoms with E-state index in [2.05, 4.69) is 6.07 Å². The van der Waals surface area contributed by atoms with Crippen LogP contribution in [-0.2, 0) is 0 Å². The topological polar surface area (TPSA) is 56.2 Å². The van der Waals surface area contributed by atoms with Gasteiger partial charge in [-0.2, -0.15) is 0 Å². The molecule has 0 fully saturated rings. The van der Waals surface area contributed by atoms with Crippen molar-refractivity contribution in [3.8, 4) is 11.3 Å². The summed E-state index contributed by atoms with van der Waals surface area (Å²) in [5.41, 5.74) is 8.41. The highest BCUT2D eigenvalue weighted by Crippen LogP contribution is 2.24. The van der Waals surface area contributed by atoms with E-state index in [1.807, 2.05) is 26.0 Å². The number of amides is 1. The monoisotopic (exact) mass is 215 g/mol. The number of rotatable bonds is 2. The molecular weight excluding hydrogens is 202 g/mol. The van der Waals surface area contributed by atoms with Crippen molar-refractivity contribution < 1.29 is 9.21 Å². The second kappa shape index (κ2) is 3.85. The van der Waals surface area contributed by atoms with Crippen molar-refractivity contribution in [2.75, 3.05) is 0 Å². The number of hydrogen-bond acceptors (Lipinski definition) is 2. The average molecular weight is 215 g/mol. The Bertz CT molecular complexity index is 520. The molecule has 0 saturated carbocycles. The first-order valence-electron chi connectivity index (χ1n) is 5.04. The van der Waals surface area contributed by atoms with Crippen LogP contribution in [0.25, 0.3) is 11.3 Å². The molecule has 0 atom stereocenters. The van der Waals surface area contributed by atoms with Gasteiger partial charge in [-0.25, -0.2) is 0 Å². The van der Waals surface area contributed by atoms with Crippen LogP contribution >= 0.6 is 0 Å². The molecule has 2 rings (SSSR count). The van der Waals surface area contributed by atoms with Gasteiger partial charge in [-0.3, -0.25) is 4.79 Å². The van der Waals surface area contributed by atoms with Crippen molar-refractivity contribution in [1.29, 1.82) is 0 Å². The van der Waals surface area contributed by atoms with Crippen molar-refractivity contribution in [3.05, 3.63) is 47.2 Å². The van der Waals surface area contributed by atoms with Crippen LogP contribution in [0, 0.1) is 13.8 Å². The second-order valence-electron chi connectivity index (χ2n) is 3.90. The normalized spacial score (nSPS) is 10.4. The van der Waals surface area contributed by atoms with E-state index in [1.54, 1.807) is 12.1 Å². The Labute approximate surface area is 93.9 Å². The molecule has 3 nitrogen and oxygen atoms in total. The SMILES string of the molecule is Cc1cc(C)cc(-c2ccc(C(N)=O)o2)c1. The third kappa shape index (κ3) is 1.98. The Morgan fingerprint density at radius 2 is 1.75 bits per heavy atom. The van der Waals surface area contributed by atoms with E-state index >= 15 is 0 Å². The molecule has 3 heteroatoms. The molecule has 2 aromatic rings. The molecule has 0 aliphatic carbocycles. The summed E-state index contributed by atoms with van der Waals surface area (Å²) in [4.78, 5) is 10.9. The highest BCUT2D eigenvalue weighted by Gasteiger charge is 2.09. The molecule has 16 heavy (non-hydrogen) atoms. The summed E-state index contributed by atoms with van der Waals surface area (Å²) in [6.07, 6.45) is 0. The van der Waals surface area contributed by atoms with E-state index in [9.17, 15) is 4.79 Å². The largest absolute Gasteiger partial charge is 0.451 e. The summed E-state index contributed by atoms with van der Waals surface area (Å²) >= 11 is 0. The maximum Gasteiger partial charge on any atom is 0.284 e. The van der Waals surface area contributed by atoms with Gasteiger partial charge in [0.1, 0.15) is 5.76 Å². The van der Waals surface area contributed by atoms with Gasteiger partial charge in [0.2, 0.25) is 0 Å². The number of hydrogen-bond donors (Lipinski definition) is 1. The number of aryl methyl sites for hydroxylation is 2. The van der Waals surface area contributed by atoms with Crippen LogP contribution in [-0.4, -0.2) is 5.91 Å². The molecule has 0 unspecified atom stereocenters. The predicted molar refractivity (Wildman–Crippen MR) is 62.1 cm³/mol. The molecule has 0 spiro atoms. The lowest BCUT2D eigenvalue weighted by molar-refractivity contribution is 0.0975. The third-order valence-electron chi connectivity index (χ3n) is 2.36. The van der Waals surface area contributed by atoms with Gasteiger partial charge in [0.15, 0.2) is 5.76 Å². The number of primary amides is 1.